The third kappa shape index (κ3) is 8.01. The highest BCUT2D eigenvalue weighted by Gasteiger charge is 2.36. The van der Waals surface area contributed by atoms with Gasteiger partial charge in [-0.15, -0.1) is 0 Å². The molecule has 1 N–H and O–H groups in total. The van der Waals surface area contributed by atoms with Crippen LogP contribution in [0.5, 0.6) is 11.5 Å². The largest absolute Gasteiger partial charge is 0.466 e. The first-order chi connectivity index (χ1) is 22.9. The Bertz CT molecular complexity index is 1770. The molecule has 6 rings (SSSR count). The van der Waals surface area contributed by atoms with E-state index in [2.05, 4.69) is 26.0 Å². The van der Waals surface area contributed by atoms with Crippen LogP contribution in [0.15, 0.2) is 65.4 Å². The third-order valence-corrected chi connectivity index (χ3v) is 8.22. The molecular formula is C36H39ClN4O6. The van der Waals surface area contributed by atoms with E-state index in [4.69, 9.17) is 20.8 Å². The quantitative estimate of drug-likeness (QED) is 0.135. The highest BCUT2D eigenvalue weighted by molar-refractivity contribution is 6.32. The molecule has 1 aliphatic carbocycles. The molecule has 1 fully saturated rings. The second-order valence-electron chi connectivity index (χ2n) is 11.2. The van der Waals surface area contributed by atoms with Gasteiger partial charge in [0, 0.05) is 61.5 Å². The summed E-state index contributed by atoms with van der Waals surface area (Å²) in [7, 11) is 1.80. The van der Waals surface area contributed by atoms with Crippen LogP contribution >= 0.6 is 11.6 Å². The van der Waals surface area contributed by atoms with Gasteiger partial charge < -0.3 is 33.8 Å². The second kappa shape index (κ2) is 15.8. The number of aromatic nitrogens is 1. The van der Waals surface area contributed by atoms with Crippen molar-refractivity contribution >= 4 is 58.2 Å². The fourth-order valence-corrected chi connectivity index (χ4v) is 5.62. The highest BCUT2D eigenvalue weighted by atomic mass is 35.5. The molecule has 2 aromatic carbocycles. The second-order valence-corrected chi connectivity index (χ2v) is 11.6. The van der Waals surface area contributed by atoms with E-state index >= 15 is 0 Å². The van der Waals surface area contributed by atoms with Crippen LogP contribution in [0.3, 0.4) is 0 Å². The van der Waals surface area contributed by atoms with Crippen molar-refractivity contribution in [1.82, 2.24) is 10.3 Å². The number of esters is 1. The van der Waals surface area contributed by atoms with Crippen LogP contribution in [0.1, 0.15) is 54.3 Å². The van der Waals surface area contributed by atoms with Gasteiger partial charge in [0.15, 0.2) is 0 Å². The summed E-state index contributed by atoms with van der Waals surface area (Å²) in [5, 5.41) is 4.05. The van der Waals surface area contributed by atoms with Gasteiger partial charge in [-0.2, -0.15) is 0 Å². The summed E-state index contributed by atoms with van der Waals surface area (Å²) >= 11 is 6.57. The zero-order valence-corrected chi connectivity index (χ0v) is 27.6. The number of benzene rings is 2. The third-order valence-electron chi connectivity index (χ3n) is 7.92. The Morgan fingerprint density at radius 3 is 2.64 bits per heavy atom. The number of anilines is 2. The summed E-state index contributed by atoms with van der Waals surface area (Å²) in [5.74, 6) is 1.13. The van der Waals surface area contributed by atoms with E-state index in [0.29, 0.717) is 72.0 Å². The van der Waals surface area contributed by atoms with Gasteiger partial charge in [-0.05, 0) is 64.1 Å². The van der Waals surface area contributed by atoms with Crippen LogP contribution in [-0.4, -0.2) is 62.5 Å². The standard InChI is InChI=1S/C30H26ClN3O4.C6H13NO2/c1-19-21-16-29(23(31)17-28(21)37-26(19)8-4-5-15-35)38-27-11-12-32-18-22(27)30(36)34-14-13-33(20-9-10-20)24-6-2-3-7-25(24)34;1-3-9-6(8)4-5-7-2/h2-4,6-8,11-12,15-18,20H,5,9-10,13-14H2,1H3;7H,3-5H2,1-2H3/b8-4+;. The number of furan rings is 1. The van der Waals surface area contributed by atoms with E-state index in [0.717, 1.165) is 35.2 Å². The molecule has 10 nitrogen and oxygen atoms in total. The number of pyridine rings is 1. The minimum Gasteiger partial charge on any atom is -0.466 e. The van der Waals surface area contributed by atoms with Crippen molar-refractivity contribution in [1.29, 1.82) is 0 Å². The lowest BCUT2D eigenvalue weighted by atomic mass is 10.1. The van der Waals surface area contributed by atoms with Gasteiger partial charge in [-0.1, -0.05) is 29.8 Å². The molecule has 2 aliphatic rings. The number of aldehydes is 1. The fourth-order valence-electron chi connectivity index (χ4n) is 5.42. The predicted molar refractivity (Wildman–Crippen MR) is 184 cm³/mol. The van der Waals surface area contributed by atoms with Gasteiger partial charge in [0.05, 0.1) is 29.4 Å². The van der Waals surface area contributed by atoms with Crippen molar-refractivity contribution in [2.24, 2.45) is 0 Å². The molecule has 0 radical (unpaired) electrons. The lowest BCUT2D eigenvalue weighted by molar-refractivity contribution is -0.142. The number of nitrogens with zero attached hydrogens (tertiary/aromatic N) is 3. The summed E-state index contributed by atoms with van der Waals surface area (Å²) in [4.78, 5) is 43.5. The Balaban J connectivity index is 0.000000424. The molecule has 246 valence electrons. The van der Waals surface area contributed by atoms with Crippen molar-refractivity contribution in [2.45, 2.75) is 45.6 Å². The molecule has 3 heterocycles. The van der Waals surface area contributed by atoms with Gasteiger partial charge in [0.2, 0.25) is 0 Å². The number of fused-ring (bicyclic) bond motifs is 2. The molecular weight excluding hydrogens is 620 g/mol. The maximum Gasteiger partial charge on any atom is 0.307 e. The number of halogens is 1. The number of hydrogen-bond donors (Lipinski definition) is 1. The van der Waals surface area contributed by atoms with E-state index < -0.39 is 0 Å². The van der Waals surface area contributed by atoms with Gasteiger partial charge in [0.25, 0.3) is 5.91 Å². The molecule has 0 atom stereocenters. The Morgan fingerprint density at radius 2 is 1.91 bits per heavy atom. The van der Waals surface area contributed by atoms with Crippen LogP contribution in [0.2, 0.25) is 5.02 Å². The molecule has 2 aromatic heterocycles. The van der Waals surface area contributed by atoms with Crippen LogP contribution < -0.4 is 19.9 Å². The van der Waals surface area contributed by atoms with Crippen LogP contribution in [0.4, 0.5) is 11.4 Å². The number of ether oxygens (including phenoxy) is 2. The van der Waals surface area contributed by atoms with Crippen molar-refractivity contribution in [3.8, 4) is 11.5 Å². The molecule has 0 unspecified atom stereocenters. The minimum atomic E-state index is -0.171. The number of hydrogen-bond acceptors (Lipinski definition) is 9. The van der Waals surface area contributed by atoms with E-state index in [9.17, 15) is 14.4 Å². The number of amides is 1. The number of para-hydroxylation sites is 2. The fraction of sp³-hybridized carbons (Fsp3) is 0.333. The maximum atomic E-state index is 13.9. The maximum absolute atomic E-state index is 13.9. The summed E-state index contributed by atoms with van der Waals surface area (Å²) in [6.45, 7) is 6.28. The average Bonchev–Trinajstić information content (AvgIpc) is 3.89. The molecule has 11 heteroatoms. The Morgan fingerprint density at radius 1 is 1.13 bits per heavy atom. The summed E-state index contributed by atoms with van der Waals surface area (Å²) < 4.78 is 16.8. The molecule has 1 aliphatic heterocycles. The molecule has 4 aromatic rings. The van der Waals surface area contributed by atoms with Crippen molar-refractivity contribution in [2.75, 3.05) is 43.1 Å². The lowest BCUT2D eigenvalue weighted by Crippen LogP contribution is -2.45. The van der Waals surface area contributed by atoms with Crippen molar-refractivity contribution < 1.29 is 28.3 Å². The molecule has 1 saturated carbocycles. The zero-order chi connectivity index (χ0) is 33.3. The SMILES string of the molecule is CCOC(=O)CCNC.Cc1c(/C=C/CC=O)oc2cc(Cl)c(Oc3ccncc3C(=O)N3CCN(C4CC4)c4ccccc43)cc12. The predicted octanol–water partition coefficient (Wildman–Crippen LogP) is 6.97. The van der Waals surface area contributed by atoms with Gasteiger partial charge >= 0.3 is 5.97 Å². The van der Waals surface area contributed by atoms with Crippen molar-refractivity contribution in [3.05, 3.63) is 82.8 Å². The number of carbonyl (C=O) groups is 3. The average molecular weight is 659 g/mol. The number of rotatable bonds is 11. The lowest BCUT2D eigenvalue weighted by Gasteiger charge is -2.38. The zero-order valence-electron chi connectivity index (χ0n) is 26.8. The molecule has 47 heavy (non-hydrogen) atoms. The number of carbonyl (C=O) groups excluding carboxylic acids is 3. The van der Waals surface area contributed by atoms with Gasteiger partial charge in [-0.25, -0.2) is 0 Å². The highest BCUT2D eigenvalue weighted by Crippen LogP contribution is 2.42. The van der Waals surface area contributed by atoms with E-state index in [1.54, 1.807) is 55.5 Å². The first-order valence-corrected chi connectivity index (χ1v) is 16.2. The van der Waals surface area contributed by atoms with Crippen LogP contribution in [0, 0.1) is 6.92 Å². The smallest absolute Gasteiger partial charge is 0.307 e. The molecule has 0 spiro atoms. The van der Waals surface area contributed by atoms with Gasteiger partial charge in [-0.3, -0.25) is 14.6 Å². The molecule has 1 amide bonds. The number of nitrogens with one attached hydrogen (secondary N) is 1. The van der Waals surface area contributed by atoms with Crippen molar-refractivity contribution in [3.63, 3.8) is 0 Å². The first-order valence-electron chi connectivity index (χ1n) is 15.8. The Kier molecular flexibility index (Phi) is 11.3. The Hall–Kier alpha value is -4.67. The number of allylic oxidation sites excluding steroid dienone is 1. The monoisotopic (exact) mass is 658 g/mol. The minimum absolute atomic E-state index is 0.133. The molecule has 0 saturated heterocycles. The summed E-state index contributed by atoms with van der Waals surface area (Å²) in [6, 6.07) is 13.8. The van der Waals surface area contributed by atoms with E-state index in [1.165, 1.54) is 12.8 Å². The van der Waals surface area contributed by atoms with E-state index in [-0.39, 0.29) is 11.9 Å². The van der Waals surface area contributed by atoms with Gasteiger partial charge in [0.1, 0.15) is 34.7 Å². The Labute approximate surface area is 279 Å². The normalized spacial score (nSPS) is 14.0. The summed E-state index contributed by atoms with van der Waals surface area (Å²) in [6.07, 6.45) is 10.6. The topological polar surface area (TPSA) is 114 Å². The summed E-state index contributed by atoms with van der Waals surface area (Å²) in [5.41, 5.74) is 3.86. The number of aryl methyl sites for hydroxylation is 1. The van der Waals surface area contributed by atoms with E-state index in [1.807, 2.05) is 31.2 Å². The van der Waals surface area contributed by atoms with Crippen LogP contribution in [0.25, 0.3) is 17.0 Å². The van der Waals surface area contributed by atoms with Crippen LogP contribution in [-0.2, 0) is 14.3 Å². The molecule has 0 bridgehead atoms. The first kappa shape index (κ1) is 33.7.